The average Bonchev–Trinajstić information content (AvgIpc) is 3.29. The van der Waals surface area contributed by atoms with Crippen molar-refractivity contribution >= 4 is 23.2 Å². The van der Waals surface area contributed by atoms with E-state index >= 15 is 4.39 Å². The molecular weight excluding hydrogens is 467 g/mol. The molecule has 37 heavy (non-hydrogen) atoms. The first-order valence-corrected chi connectivity index (χ1v) is 13.5. The maximum Gasteiger partial charge on any atom is 0.244 e. The minimum atomic E-state index is -0.348. The predicted octanol–water partition coefficient (Wildman–Crippen LogP) is 5.18. The van der Waals surface area contributed by atoms with Gasteiger partial charge in [-0.15, -0.1) is 0 Å². The molecule has 200 valence electrons. The Bertz CT molecular complexity index is 1110. The molecule has 1 atom stereocenters. The second-order valence-corrected chi connectivity index (χ2v) is 11.4. The van der Waals surface area contributed by atoms with Gasteiger partial charge in [-0.25, -0.2) is 4.39 Å². The number of piperazine rings is 1. The van der Waals surface area contributed by atoms with E-state index in [9.17, 15) is 9.59 Å². The minimum absolute atomic E-state index is 0.0550. The molecule has 4 rings (SSSR count). The van der Waals surface area contributed by atoms with Crippen LogP contribution in [0.3, 0.4) is 0 Å². The lowest BCUT2D eigenvalue weighted by Gasteiger charge is -2.41. The topological polar surface area (TPSA) is 55.9 Å². The van der Waals surface area contributed by atoms with E-state index in [1.54, 1.807) is 12.1 Å². The van der Waals surface area contributed by atoms with Crippen molar-refractivity contribution in [2.75, 3.05) is 49.5 Å². The number of rotatable bonds is 8. The quantitative estimate of drug-likeness (QED) is 0.534. The second-order valence-electron chi connectivity index (χ2n) is 11.4. The molecule has 1 saturated heterocycles. The summed E-state index contributed by atoms with van der Waals surface area (Å²) in [7, 11) is 0. The van der Waals surface area contributed by atoms with Gasteiger partial charge in [0.2, 0.25) is 11.8 Å². The highest BCUT2D eigenvalue weighted by atomic mass is 19.1. The van der Waals surface area contributed by atoms with Crippen molar-refractivity contribution in [3.8, 4) is 0 Å². The molecule has 0 spiro atoms. The largest absolute Gasteiger partial charge is 0.367 e. The van der Waals surface area contributed by atoms with Crippen LogP contribution in [0.1, 0.15) is 53.1 Å². The van der Waals surface area contributed by atoms with Crippen LogP contribution in [0, 0.1) is 22.6 Å². The molecule has 1 saturated carbocycles. The van der Waals surface area contributed by atoms with Crippen LogP contribution in [0.25, 0.3) is 0 Å². The lowest BCUT2D eigenvalue weighted by molar-refractivity contribution is -0.137. The third-order valence-corrected chi connectivity index (χ3v) is 8.94. The number of carbonyl (C=O) groups is 2. The van der Waals surface area contributed by atoms with Gasteiger partial charge in [0.15, 0.2) is 0 Å². The summed E-state index contributed by atoms with van der Waals surface area (Å²) in [5.41, 5.74) is 1.86. The van der Waals surface area contributed by atoms with Gasteiger partial charge in [0.05, 0.1) is 5.69 Å². The van der Waals surface area contributed by atoms with Crippen LogP contribution in [0.15, 0.2) is 48.5 Å². The van der Waals surface area contributed by atoms with Crippen LogP contribution in [-0.2, 0) is 9.59 Å². The third-order valence-electron chi connectivity index (χ3n) is 8.94. The van der Waals surface area contributed by atoms with E-state index in [1.807, 2.05) is 54.0 Å². The normalized spacial score (nSPS) is 19.8. The summed E-state index contributed by atoms with van der Waals surface area (Å²) in [6, 6.07) is 14.5. The summed E-state index contributed by atoms with van der Waals surface area (Å²) in [5, 5.41) is 2.91. The number of nitrogens with one attached hydrogen (secondary N) is 1. The standard InChI is InChI=1S/C30H41FN4O2/c1-7-33(8-2)28(37)25(21-12-10-9-11-13-21)35-18-16-34(17-19-35)24-15-14-22(20-23(24)31)32-27(36)26-29(3,4)30(26,5)6/h9-15,20,25-26H,7-8,16-19H2,1-6H3,(H,32,36). The monoisotopic (exact) mass is 508 g/mol. The molecule has 1 unspecified atom stereocenters. The van der Waals surface area contributed by atoms with Gasteiger partial charge >= 0.3 is 0 Å². The molecule has 6 nitrogen and oxygen atoms in total. The maximum atomic E-state index is 15.2. The van der Waals surface area contributed by atoms with E-state index in [0.29, 0.717) is 50.6 Å². The van der Waals surface area contributed by atoms with Crippen molar-refractivity contribution in [3.63, 3.8) is 0 Å². The van der Waals surface area contributed by atoms with Gasteiger partial charge in [0.25, 0.3) is 0 Å². The van der Waals surface area contributed by atoms with Crippen molar-refractivity contribution in [2.24, 2.45) is 16.7 Å². The lowest BCUT2D eigenvalue weighted by Crippen LogP contribution is -2.51. The smallest absolute Gasteiger partial charge is 0.244 e. The van der Waals surface area contributed by atoms with E-state index < -0.39 is 0 Å². The first-order valence-electron chi connectivity index (χ1n) is 13.5. The molecule has 2 fully saturated rings. The van der Waals surface area contributed by atoms with Crippen LogP contribution in [0.4, 0.5) is 15.8 Å². The zero-order valence-electron chi connectivity index (χ0n) is 23.1. The van der Waals surface area contributed by atoms with Crippen LogP contribution in [-0.4, -0.2) is 60.9 Å². The average molecular weight is 509 g/mol. The predicted molar refractivity (Wildman–Crippen MR) is 147 cm³/mol. The number of hydrogen-bond donors (Lipinski definition) is 1. The summed E-state index contributed by atoms with van der Waals surface area (Å²) in [6.45, 7) is 16.3. The second kappa shape index (κ2) is 10.4. The fraction of sp³-hybridized carbons (Fsp3) is 0.533. The molecule has 2 aromatic rings. The maximum absolute atomic E-state index is 15.2. The van der Waals surface area contributed by atoms with E-state index in [2.05, 4.69) is 37.9 Å². The van der Waals surface area contributed by atoms with Gasteiger partial charge in [-0.1, -0.05) is 58.0 Å². The fourth-order valence-electron chi connectivity index (χ4n) is 5.98. The lowest BCUT2D eigenvalue weighted by atomic mass is 10.0. The van der Waals surface area contributed by atoms with Gasteiger partial charge in [0.1, 0.15) is 11.9 Å². The van der Waals surface area contributed by atoms with Gasteiger partial charge < -0.3 is 15.1 Å². The number of anilines is 2. The Labute approximate surface area is 220 Å². The number of amides is 2. The van der Waals surface area contributed by atoms with Gasteiger partial charge in [0, 0.05) is 50.9 Å². The Morgan fingerprint density at radius 3 is 2.08 bits per heavy atom. The van der Waals surface area contributed by atoms with Crippen LogP contribution >= 0.6 is 0 Å². The first kappa shape index (κ1) is 27.1. The zero-order valence-corrected chi connectivity index (χ0v) is 23.1. The van der Waals surface area contributed by atoms with Crippen molar-refractivity contribution in [1.29, 1.82) is 0 Å². The summed E-state index contributed by atoms with van der Waals surface area (Å²) in [6.07, 6.45) is 0. The molecule has 2 amide bonds. The number of likely N-dealkylation sites (N-methyl/N-ethyl adjacent to an activating group) is 1. The number of nitrogens with zero attached hydrogens (tertiary/aromatic N) is 3. The molecule has 0 radical (unpaired) electrons. The molecule has 0 bridgehead atoms. The summed E-state index contributed by atoms with van der Waals surface area (Å²) < 4.78 is 15.2. The Kier molecular flexibility index (Phi) is 7.65. The molecule has 1 aliphatic heterocycles. The summed E-state index contributed by atoms with van der Waals surface area (Å²) in [4.78, 5) is 32.3. The molecule has 1 N–H and O–H groups in total. The van der Waals surface area contributed by atoms with Crippen LogP contribution < -0.4 is 10.2 Å². The third kappa shape index (κ3) is 5.11. The minimum Gasteiger partial charge on any atom is -0.367 e. The molecule has 1 heterocycles. The zero-order chi connectivity index (χ0) is 27.0. The highest BCUT2D eigenvalue weighted by Crippen LogP contribution is 2.68. The number of hydrogen-bond acceptors (Lipinski definition) is 4. The van der Waals surface area contributed by atoms with E-state index in [0.717, 1.165) is 5.56 Å². The SMILES string of the molecule is CCN(CC)C(=O)C(c1ccccc1)N1CCN(c2ccc(NC(=O)C3C(C)(C)C3(C)C)cc2F)CC1. The highest BCUT2D eigenvalue weighted by Gasteiger charge is 2.68. The van der Waals surface area contributed by atoms with E-state index in [-0.39, 0.29) is 40.4 Å². The Hall–Kier alpha value is -2.93. The Morgan fingerprint density at radius 2 is 1.57 bits per heavy atom. The molecule has 2 aliphatic rings. The van der Waals surface area contributed by atoms with Gasteiger partial charge in [-0.05, 0) is 48.4 Å². The molecule has 0 aromatic heterocycles. The number of benzene rings is 2. The van der Waals surface area contributed by atoms with Crippen molar-refractivity contribution < 1.29 is 14.0 Å². The van der Waals surface area contributed by atoms with Crippen molar-refractivity contribution in [3.05, 3.63) is 59.9 Å². The number of halogens is 1. The summed E-state index contributed by atoms with van der Waals surface area (Å²) in [5.74, 6) is -0.384. The molecule has 7 heteroatoms. The first-order chi connectivity index (χ1) is 17.5. The Balaban J connectivity index is 1.43. The van der Waals surface area contributed by atoms with Crippen molar-refractivity contribution in [2.45, 2.75) is 47.6 Å². The Morgan fingerprint density at radius 1 is 0.973 bits per heavy atom. The summed E-state index contributed by atoms with van der Waals surface area (Å²) >= 11 is 0. The van der Waals surface area contributed by atoms with Crippen LogP contribution in [0.2, 0.25) is 0 Å². The number of carbonyl (C=O) groups excluding carboxylic acids is 2. The van der Waals surface area contributed by atoms with Gasteiger partial charge in [-0.2, -0.15) is 0 Å². The molecular formula is C30H41FN4O2. The van der Waals surface area contributed by atoms with Gasteiger partial charge in [-0.3, -0.25) is 14.5 Å². The van der Waals surface area contributed by atoms with E-state index in [1.165, 1.54) is 6.07 Å². The van der Waals surface area contributed by atoms with Crippen LogP contribution in [0.5, 0.6) is 0 Å². The fourth-order valence-corrected chi connectivity index (χ4v) is 5.98. The van der Waals surface area contributed by atoms with E-state index in [4.69, 9.17) is 0 Å². The molecule has 2 aromatic carbocycles. The van der Waals surface area contributed by atoms with Crippen molar-refractivity contribution in [1.82, 2.24) is 9.80 Å². The molecule has 1 aliphatic carbocycles. The highest BCUT2D eigenvalue weighted by molar-refractivity contribution is 5.96.